The zero-order valence-corrected chi connectivity index (χ0v) is 16.2. The Labute approximate surface area is 170 Å². The Kier molecular flexibility index (Phi) is 6.54. The lowest BCUT2D eigenvalue weighted by Crippen LogP contribution is -2.01. The van der Waals surface area contributed by atoms with E-state index < -0.39 is 10.9 Å². The molecule has 3 rings (SSSR count). The van der Waals surface area contributed by atoms with Crippen molar-refractivity contribution in [3.05, 3.63) is 81.4 Å². The summed E-state index contributed by atoms with van der Waals surface area (Å²) in [5, 5.41) is 16.6. The first-order valence-corrected chi connectivity index (χ1v) is 9.37. The highest BCUT2D eigenvalue weighted by atomic mass is 32.1. The number of ether oxygens (including phenoxy) is 2. The summed E-state index contributed by atoms with van der Waals surface area (Å²) in [7, 11) is 1.60. The molecule has 0 aliphatic heterocycles. The summed E-state index contributed by atoms with van der Waals surface area (Å²) in [5.41, 5.74) is 1.70. The molecule has 0 aliphatic carbocycles. The number of nitrogens with zero attached hydrogens (tertiary/aromatic N) is 2. The van der Waals surface area contributed by atoms with Crippen LogP contribution in [-0.2, 0) is 16.1 Å². The number of benzene rings is 2. The molecule has 0 amide bonds. The van der Waals surface area contributed by atoms with Crippen molar-refractivity contribution in [1.82, 2.24) is 4.98 Å². The van der Waals surface area contributed by atoms with Crippen molar-refractivity contribution in [2.24, 2.45) is 0 Å². The molecule has 3 aromatic rings. The molecule has 29 heavy (non-hydrogen) atoms. The second-order valence-electron chi connectivity index (χ2n) is 5.75. The van der Waals surface area contributed by atoms with Crippen molar-refractivity contribution < 1.29 is 19.2 Å². The van der Waals surface area contributed by atoms with Crippen molar-refractivity contribution in [3.8, 4) is 5.75 Å². The van der Waals surface area contributed by atoms with Crippen molar-refractivity contribution >= 4 is 39.9 Å². The van der Waals surface area contributed by atoms with Gasteiger partial charge >= 0.3 is 5.97 Å². The highest BCUT2D eigenvalue weighted by Crippen LogP contribution is 2.23. The summed E-state index contributed by atoms with van der Waals surface area (Å²) in [6.07, 6.45) is 2.52. The summed E-state index contributed by atoms with van der Waals surface area (Å²) >= 11 is 1.38. The summed E-state index contributed by atoms with van der Waals surface area (Å²) in [6.45, 7) is 0.000842. The van der Waals surface area contributed by atoms with E-state index in [4.69, 9.17) is 9.47 Å². The van der Waals surface area contributed by atoms with Gasteiger partial charge in [-0.3, -0.25) is 10.1 Å². The SMILES string of the molecule is COc1ccc(Nc2nc(COC(=O)/C=C/c3ccccc3[N+](=O)[O-])cs2)cc1. The first-order chi connectivity index (χ1) is 14.0. The predicted molar refractivity (Wildman–Crippen MR) is 110 cm³/mol. The lowest BCUT2D eigenvalue weighted by atomic mass is 10.1. The van der Waals surface area contributed by atoms with Gasteiger partial charge in [0.2, 0.25) is 0 Å². The van der Waals surface area contributed by atoms with Gasteiger partial charge < -0.3 is 14.8 Å². The largest absolute Gasteiger partial charge is 0.497 e. The Morgan fingerprint density at radius 2 is 2.00 bits per heavy atom. The van der Waals surface area contributed by atoms with E-state index >= 15 is 0 Å². The van der Waals surface area contributed by atoms with Gasteiger partial charge in [0, 0.05) is 23.2 Å². The van der Waals surface area contributed by atoms with Crippen molar-refractivity contribution in [2.45, 2.75) is 6.61 Å². The summed E-state index contributed by atoms with van der Waals surface area (Å²) in [6, 6.07) is 13.6. The van der Waals surface area contributed by atoms with Gasteiger partial charge in [0.05, 0.1) is 23.3 Å². The van der Waals surface area contributed by atoms with E-state index in [1.165, 1.54) is 23.5 Å². The van der Waals surface area contributed by atoms with E-state index in [1.807, 2.05) is 24.3 Å². The first-order valence-electron chi connectivity index (χ1n) is 8.49. The minimum atomic E-state index is -0.610. The molecule has 0 radical (unpaired) electrons. The van der Waals surface area contributed by atoms with Crippen LogP contribution >= 0.6 is 11.3 Å². The fourth-order valence-electron chi connectivity index (χ4n) is 2.37. The third-order valence-electron chi connectivity index (χ3n) is 3.79. The number of aromatic nitrogens is 1. The number of thiazole rings is 1. The molecule has 1 N–H and O–H groups in total. The number of hydrogen-bond donors (Lipinski definition) is 1. The quantitative estimate of drug-likeness (QED) is 0.251. The first kappa shape index (κ1) is 20.0. The van der Waals surface area contributed by atoms with Crippen LogP contribution < -0.4 is 10.1 Å². The van der Waals surface area contributed by atoms with E-state index in [0.717, 1.165) is 17.5 Å². The van der Waals surface area contributed by atoms with Crippen LogP contribution in [0.4, 0.5) is 16.5 Å². The fraction of sp³-hybridized carbons (Fsp3) is 0.100. The van der Waals surface area contributed by atoms with Gasteiger partial charge in [-0.2, -0.15) is 0 Å². The number of nitrogens with one attached hydrogen (secondary N) is 1. The molecule has 0 saturated heterocycles. The molecular formula is C20H17N3O5S. The molecule has 0 fully saturated rings. The van der Waals surface area contributed by atoms with Crippen LogP contribution in [0, 0.1) is 10.1 Å². The molecule has 2 aromatic carbocycles. The van der Waals surface area contributed by atoms with Gasteiger partial charge in [-0.15, -0.1) is 11.3 Å². The van der Waals surface area contributed by atoms with Gasteiger partial charge in [0.15, 0.2) is 5.13 Å². The lowest BCUT2D eigenvalue weighted by molar-refractivity contribution is -0.385. The second-order valence-corrected chi connectivity index (χ2v) is 6.61. The van der Waals surface area contributed by atoms with Crippen LogP contribution in [0.25, 0.3) is 6.08 Å². The fourth-order valence-corrected chi connectivity index (χ4v) is 3.09. The van der Waals surface area contributed by atoms with Crippen LogP contribution in [0.15, 0.2) is 60.0 Å². The Morgan fingerprint density at radius 1 is 1.24 bits per heavy atom. The Hall–Kier alpha value is -3.72. The highest BCUT2D eigenvalue weighted by molar-refractivity contribution is 7.13. The van der Waals surface area contributed by atoms with E-state index in [0.29, 0.717) is 16.4 Å². The Morgan fingerprint density at radius 3 is 2.72 bits per heavy atom. The van der Waals surface area contributed by atoms with Crippen LogP contribution in [0.5, 0.6) is 5.75 Å². The zero-order chi connectivity index (χ0) is 20.6. The number of carbonyl (C=O) groups is 1. The number of rotatable bonds is 8. The maximum Gasteiger partial charge on any atom is 0.331 e. The number of hydrogen-bond acceptors (Lipinski definition) is 8. The van der Waals surface area contributed by atoms with E-state index in [9.17, 15) is 14.9 Å². The zero-order valence-electron chi connectivity index (χ0n) is 15.4. The Balaban J connectivity index is 1.54. The molecule has 9 heteroatoms. The van der Waals surface area contributed by atoms with Gasteiger partial charge in [-0.1, -0.05) is 12.1 Å². The maximum atomic E-state index is 11.9. The molecule has 0 spiro atoms. The van der Waals surface area contributed by atoms with Crippen molar-refractivity contribution in [3.63, 3.8) is 0 Å². The molecule has 0 unspecified atom stereocenters. The third-order valence-corrected chi connectivity index (χ3v) is 4.59. The number of nitro benzene ring substituents is 1. The minimum Gasteiger partial charge on any atom is -0.497 e. The van der Waals surface area contributed by atoms with Crippen LogP contribution in [0.2, 0.25) is 0 Å². The molecule has 8 nitrogen and oxygen atoms in total. The van der Waals surface area contributed by atoms with E-state index in [1.54, 1.807) is 30.7 Å². The molecule has 0 aliphatic rings. The second kappa shape index (κ2) is 9.47. The molecule has 1 heterocycles. The smallest absolute Gasteiger partial charge is 0.331 e. The lowest BCUT2D eigenvalue weighted by Gasteiger charge is -2.04. The normalized spacial score (nSPS) is 10.7. The summed E-state index contributed by atoms with van der Waals surface area (Å²) in [5.74, 6) is 0.150. The number of anilines is 2. The van der Waals surface area contributed by atoms with Crippen LogP contribution in [-0.4, -0.2) is 23.0 Å². The topological polar surface area (TPSA) is 104 Å². The van der Waals surface area contributed by atoms with Crippen molar-refractivity contribution in [1.29, 1.82) is 0 Å². The van der Waals surface area contributed by atoms with Crippen molar-refractivity contribution in [2.75, 3.05) is 12.4 Å². The Bertz CT molecular complexity index is 1030. The predicted octanol–water partition coefficient (Wildman–Crippen LogP) is 4.56. The van der Waals surface area contributed by atoms with Gasteiger partial charge in [0.1, 0.15) is 12.4 Å². The average Bonchev–Trinajstić information content (AvgIpc) is 3.18. The number of methoxy groups -OCH3 is 1. The number of esters is 1. The van der Waals surface area contributed by atoms with E-state index in [2.05, 4.69) is 10.3 Å². The van der Waals surface area contributed by atoms with Crippen LogP contribution in [0.3, 0.4) is 0 Å². The number of carbonyl (C=O) groups excluding carboxylic acids is 1. The number of nitro groups is 1. The standard InChI is InChI=1S/C20H17N3O5S/c1-27-17-9-7-15(8-10-17)21-20-22-16(13-29-20)12-28-19(24)11-6-14-4-2-3-5-18(14)23(25)26/h2-11,13H,12H2,1H3,(H,21,22)/b11-6+. The van der Waals surface area contributed by atoms with E-state index in [-0.39, 0.29) is 12.3 Å². The summed E-state index contributed by atoms with van der Waals surface area (Å²) < 4.78 is 10.3. The average molecular weight is 411 g/mol. The molecule has 0 saturated carbocycles. The monoisotopic (exact) mass is 411 g/mol. The van der Waals surface area contributed by atoms with Crippen LogP contribution in [0.1, 0.15) is 11.3 Å². The molecule has 0 atom stereocenters. The highest BCUT2D eigenvalue weighted by Gasteiger charge is 2.10. The molecule has 1 aromatic heterocycles. The molecule has 0 bridgehead atoms. The minimum absolute atomic E-state index is 0.000842. The van der Waals surface area contributed by atoms with Gasteiger partial charge in [-0.05, 0) is 36.4 Å². The number of para-hydroxylation sites is 1. The van der Waals surface area contributed by atoms with Gasteiger partial charge in [-0.25, -0.2) is 9.78 Å². The summed E-state index contributed by atoms with van der Waals surface area (Å²) in [4.78, 5) is 26.7. The molecular weight excluding hydrogens is 394 g/mol. The maximum absolute atomic E-state index is 11.9. The van der Waals surface area contributed by atoms with Gasteiger partial charge in [0.25, 0.3) is 5.69 Å². The molecule has 148 valence electrons. The third kappa shape index (κ3) is 5.63.